The zero-order valence-electron chi connectivity index (χ0n) is 11.7. The molecule has 2 N–H and O–H groups in total. The van der Waals surface area contributed by atoms with Gasteiger partial charge in [0.1, 0.15) is 0 Å². The Morgan fingerprint density at radius 2 is 1.95 bits per heavy atom. The highest BCUT2D eigenvalue weighted by molar-refractivity contribution is 7.98. The molecular formula is C16H17NO3S. The van der Waals surface area contributed by atoms with Crippen molar-refractivity contribution in [3.63, 3.8) is 0 Å². The van der Waals surface area contributed by atoms with Crippen LogP contribution in [0.3, 0.4) is 0 Å². The molecular weight excluding hydrogens is 286 g/mol. The van der Waals surface area contributed by atoms with E-state index in [1.54, 1.807) is 11.8 Å². The molecule has 0 radical (unpaired) electrons. The number of carbonyl (C=O) groups is 2. The predicted molar refractivity (Wildman–Crippen MR) is 82.2 cm³/mol. The molecule has 1 aromatic carbocycles. The van der Waals surface area contributed by atoms with Crippen molar-refractivity contribution in [2.45, 2.75) is 11.3 Å². The van der Waals surface area contributed by atoms with Gasteiger partial charge in [0.25, 0.3) is 0 Å². The molecule has 0 saturated heterocycles. The first kappa shape index (κ1) is 14.2. The maximum absolute atomic E-state index is 12.5. The molecule has 1 fully saturated rings. The lowest BCUT2D eigenvalue weighted by Gasteiger charge is -2.23. The molecule has 2 aliphatic rings. The van der Waals surface area contributed by atoms with Gasteiger partial charge in [-0.2, -0.15) is 0 Å². The molecule has 0 heterocycles. The Hall–Kier alpha value is -1.75. The van der Waals surface area contributed by atoms with Crippen LogP contribution >= 0.6 is 11.8 Å². The first-order chi connectivity index (χ1) is 10.1. The number of hydrogen-bond donors (Lipinski definition) is 2. The van der Waals surface area contributed by atoms with Gasteiger partial charge in [-0.3, -0.25) is 9.59 Å². The van der Waals surface area contributed by atoms with Gasteiger partial charge in [-0.05, 0) is 42.7 Å². The second-order valence-corrected chi connectivity index (χ2v) is 6.44. The summed E-state index contributed by atoms with van der Waals surface area (Å²) in [5.74, 6) is -2.05. The second-order valence-electron chi connectivity index (χ2n) is 5.56. The summed E-state index contributed by atoms with van der Waals surface area (Å²) in [5, 5.41) is 12.3. The number of benzene rings is 1. The van der Waals surface area contributed by atoms with Crippen LogP contribution in [-0.2, 0) is 9.59 Å². The van der Waals surface area contributed by atoms with Gasteiger partial charge < -0.3 is 10.4 Å². The number of rotatable bonds is 4. The topological polar surface area (TPSA) is 66.4 Å². The van der Waals surface area contributed by atoms with Gasteiger partial charge in [-0.25, -0.2) is 0 Å². The highest BCUT2D eigenvalue weighted by atomic mass is 32.2. The van der Waals surface area contributed by atoms with E-state index < -0.39 is 17.8 Å². The Labute approximate surface area is 127 Å². The zero-order valence-corrected chi connectivity index (χ0v) is 12.5. The predicted octanol–water partition coefficient (Wildman–Crippen LogP) is 2.87. The number of amides is 1. The average molecular weight is 303 g/mol. The molecule has 1 aromatic rings. The Morgan fingerprint density at radius 3 is 2.62 bits per heavy atom. The van der Waals surface area contributed by atoms with Crippen molar-refractivity contribution in [2.75, 3.05) is 11.6 Å². The average Bonchev–Trinajstić information content (AvgIpc) is 3.07. The number of aliphatic carboxylic acids is 1. The minimum atomic E-state index is -0.870. The third-order valence-electron chi connectivity index (χ3n) is 4.38. The fourth-order valence-corrected chi connectivity index (χ4v) is 3.90. The number of nitrogens with one attached hydrogen (secondary N) is 1. The molecule has 4 atom stereocenters. The second kappa shape index (κ2) is 5.56. The summed E-state index contributed by atoms with van der Waals surface area (Å²) < 4.78 is 0. The Morgan fingerprint density at radius 1 is 1.24 bits per heavy atom. The van der Waals surface area contributed by atoms with Gasteiger partial charge in [-0.15, -0.1) is 11.8 Å². The summed E-state index contributed by atoms with van der Waals surface area (Å²) in [7, 11) is 0. The fourth-order valence-electron chi connectivity index (χ4n) is 3.44. The highest BCUT2D eigenvalue weighted by Crippen LogP contribution is 2.48. The number of fused-ring (bicyclic) bond motifs is 2. The van der Waals surface area contributed by atoms with Crippen molar-refractivity contribution in [3.05, 3.63) is 36.4 Å². The number of anilines is 1. The summed E-state index contributed by atoms with van der Waals surface area (Å²) in [6.07, 6.45) is 6.69. The normalized spacial score (nSPS) is 29.6. The summed E-state index contributed by atoms with van der Waals surface area (Å²) in [6.45, 7) is 0. The number of hydrogen-bond acceptors (Lipinski definition) is 3. The zero-order chi connectivity index (χ0) is 15.0. The molecule has 1 amide bonds. The molecule has 3 rings (SSSR count). The van der Waals surface area contributed by atoms with Gasteiger partial charge >= 0.3 is 5.97 Å². The molecule has 0 aliphatic heterocycles. The third-order valence-corrected chi connectivity index (χ3v) is 5.11. The standard InChI is InChI=1S/C16H17NO3S/c1-21-12-4-2-3-11(8-12)17-15(18)13-9-5-6-10(7-9)14(13)16(19)20/h2-6,8-10,13-14H,7H2,1H3,(H,17,18)(H,19,20)/t9-,10+,13+,14+/m1/s1. The highest BCUT2D eigenvalue weighted by Gasteiger charge is 2.51. The summed E-state index contributed by atoms with van der Waals surface area (Å²) in [6, 6.07) is 7.59. The maximum atomic E-state index is 12.5. The summed E-state index contributed by atoms with van der Waals surface area (Å²) in [4.78, 5) is 25.0. The van der Waals surface area contributed by atoms with Gasteiger partial charge in [0.15, 0.2) is 0 Å². The minimum Gasteiger partial charge on any atom is -0.481 e. The van der Waals surface area contributed by atoms with E-state index in [1.165, 1.54) is 0 Å². The van der Waals surface area contributed by atoms with Crippen LogP contribution in [0.2, 0.25) is 0 Å². The van der Waals surface area contributed by atoms with Crippen molar-refractivity contribution in [1.29, 1.82) is 0 Å². The molecule has 2 aliphatic carbocycles. The van der Waals surface area contributed by atoms with Crippen molar-refractivity contribution in [1.82, 2.24) is 0 Å². The van der Waals surface area contributed by atoms with Crippen LogP contribution in [0.25, 0.3) is 0 Å². The monoisotopic (exact) mass is 303 g/mol. The van der Waals surface area contributed by atoms with Crippen molar-refractivity contribution < 1.29 is 14.7 Å². The van der Waals surface area contributed by atoms with E-state index >= 15 is 0 Å². The van der Waals surface area contributed by atoms with Crippen LogP contribution in [0.15, 0.2) is 41.3 Å². The molecule has 0 unspecified atom stereocenters. The Kier molecular flexibility index (Phi) is 3.76. The Bertz CT molecular complexity index is 613. The van der Waals surface area contributed by atoms with E-state index in [0.717, 1.165) is 17.0 Å². The van der Waals surface area contributed by atoms with Crippen molar-refractivity contribution in [2.24, 2.45) is 23.7 Å². The molecule has 2 bridgehead atoms. The smallest absolute Gasteiger partial charge is 0.307 e. The van der Waals surface area contributed by atoms with E-state index in [0.29, 0.717) is 0 Å². The van der Waals surface area contributed by atoms with Crippen LogP contribution in [0.1, 0.15) is 6.42 Å². The van der Waals surface area contributed by atoms with Gasteiger partial charge in [0.05, 0.1) is 11.8 Å². The minimum absolute atomic E-state index is 0.000724. The lowest BCUT2D eigenvalue weighted by molar-refractivity contribution is -0.146. The largest absolute Gasteiger partial charge is 0.481 e. The van der Waals surface area contributed by atoms with Crippen molar-refractivity contribution in [3.8, 4) is 0 Å². The van der Waals surface area contributed by atoms with Crippen LogP contribution in [0.4, 0.5) is 5.69 Å². The van der Waals surface area contributed by atoms with Gasteiger partial charge in [0.2, 0.25) is 5.91 Å². The number of carboxylic acids is 1. The molecule has 0 aromatic heterocycles. The quantitative estimate of drug-likeness (QED) is 0.663. The number of carboxylic acid groups (broad SMARTS) is 1. The van der Waals surface area contributed by atoms with E-state index in [1.807, 2.05) is 42.7 Å². The fraction of sp³-hybridized carbons (Fsp3) is 0.375. The van der Waals surface area contributed by atoms with Gasteiger partial charge in [-0.1, -0.05) is 18.2 Å². The molecule has 1 saturated carbocycles. The first-order valence-corrected chi connectivity index (χ1v) is 8.18. The van der Waals surface area contributed by atoms with Gasteiger partial charge in [0, 0.05) is 10.6 Å². The van der Waals surface area contributed by atoms with Crippen LogP contribution in [-0.4, -0.2) is 23.2 Å². The molecule has 4 nitrogen and oxygen atoms in total. The van der Waals surface area contributed by atoms with Crippen LogP contribution < -0.4 is 5.32 Å². The van der Waals surface area contributed by atoms with Crippen molar-refractivity contribution >= 4 is 29.3 Å². The lowest BCUT2D eigenvalue weighted by atomic mass is 9.82. The first-order valence-electron chi connectivity index (χ1n) is 6.96. The number of thioether (sulfide) groups is 1. The summed E-state index contributed by atoms with van der Waals surface area (Å²) in [5.41, 5.74) is 0.725. The van der Waals surface area contributed by atoms with E-state index in [2.05, 4.69) is 5.32 Å². The van der Waals surface area contributed by atoms with E-state index in [-0.39, 0.29) is 17.7 Å². The maximum Gasteiger partial charge on any atom is 0.307 e. The van der Waals surface area contributed by atoms with Crippen LogP contribution in [0.5, 0.6) is 0 Å². The van der Waals surface area contributed by atoms with Crippen LogP contribution in [0, 0.1) is 23.7 Å². The third kappa shape index (κ3) is 2.58. The van der Waals surface area contributed by atoms with E-state index in [9.17, 15) is 14.7 Å². The molecule has 110 valence electrons. The number of allylic oxidation sites excluding steroid dienone is 2. The Balaban J connectivity index is 1.78. The number of carbonyl (C=O) groups excluding carboxylic acids is 1. The molecule has 5 heteroatoms. The molecule has 0 spiro atoms. The summed E-state index contributed by atoms with van der Waals surface area (Å²) >= 11 is 1.60. The SMILES string of the molecule is CSc1cccc(NC(=O)[C@@H]2[C@@H](C(=O)O)[C@H]3C=C[C@@H]2C3)c1. The van der Waals surface area contributed by atoms with E-state index in [4.69, 9.17) is 0 Å². The lowest BCUT2D eigenvalue weighted by Crippen LogP contribution is -2.36. The molecule has 21 heavy (non-hydrogen) atoms.